The summed E-state index contributed by atoms with van der Waals surface area (Å²) in [5.41, 5.74) is 1.17. The van der Waals surface area contributed by atoms with Gasteiger partial charge in [-0.05, 0) is 49.2 Å². The van der Waals surface area contributed by atoms with E-state index in [2.05, 4.69) is 5.32 Å². The van der Waals surface area contributed by atoms with Gasteiger partial charge in [-0.3, -0.25) is 9.59 Å². The highest BCUT2D eigenvalue weighted by molar-refractivity contribution is 6.35. The van der Waals surface area contributed by atoms with E-state index >= 15 is 0 Å². The van der Waals surface area contributed by atoms with Gasteiger partial charge >= 0.3 is 5.97 Å². The first-order valence-electron chi connectivity index (χ1n) is 7.95. The van der Waals surface area contributed by atoms with Crippen molar-refractivity contribution >= 4 is 35.1 Å². The molecule has 0 saturated heterocycles. The van der Waals surface area contributed by atoms with Crippen molar-refractivity contribution in [2.45, 2.75) is 32.4 Å². The lowest BCUT2D eigenvalue weighted by Gasteiger charge is -2.19. The average Bonchev–Trinajstić information content (AvgIpc) is 2.54. The molecular formula is C19H18Cl2FNO3. The number of nitrogens with one attached hydrogen (secondary N) is 1. The molecule has 1 amide bonds. The Balaban J connectivity index is 1.91. The lowest BCUT2D eigenvalue weighted by Crippen LogP contribution is -2.37. The molecule has 0 radical (unpaired) electrons. The van der Waals surface area contributed by atoms with Gasteiger partial charge in [-0.25, -0.2) is 4.39 Å². The molecule has 0 heterocycles. The topological polar surface area (TPSA) is 55.4 Å². The van der Waals surface area contributed by atoms with Crippen LogP contribution >= 0.6 is 23.2 Å². The van der Waals surface area contributed by atoms with Crippen LogP contribution in [0.15, 0.2) is 42.5 Å². The van der Waals surface area contributed by atoms with Gasteiger partial charge in [-0.15, -0.1) is 0 Å². The monoisotopic (exact) mass is 397 g/mol. The van der Waals surface area contributed by atoms with Crippen LogP contribution < -0.4 is 5.32 Å². The lowest BCUT2D eigenvalue weighted by atomic mass is 10.1. The zero-order chi connectivity index (χ0) is 19.3. The molecule has 0 unspecified atom stereocenters. The van der Waals surface area contributed by atoms with Crippen molar-refractivity contribution in [3.8, 4) is 0 Å². The maximum absolute atomic E-state index is 13.1. The Bertz CT molecular complexity index is 813. The minimum absolute atomic E-state index is 0.117. The Labute approximate surface area is 161 Å². The number of carbonyl (C=O) groups excluding carboxylic acids is 2. The third kappa shape index (κ3) is 5.71. The van der Waals surface area contributed by atoms with Crippen LogP contribution in [0.5, 0.6) is 0 Å². The Morgan fingerprint density at radius 1 is 1.15 bits per heavy atom. The number of amides is 1. The lowest BCUT2D eigenvalue weighted by molar-refractivity contribution is -0.154. The van der Waals surface area contributed by atoms with Gasteiger partial charge < -0.3 is 10.1 Å². The third-order valence-electron chi connectivity index (χ3n) is 3.70. The molecule has 4 nitrogen and oxygen atoms in total. The van der Waals surface area contributed by atoms with E-state index in [0.717, 1.165) is 0 Å². The molecule has 26 heavy (non-hydrogen) atoms. The van der Waals surface area contributed by atoms with Crippen molar-refractivity contribution in [2.24, 2.45) is 0 Å². The van der Waals surface area contributed by atoms with E-state index in [9.17, 15) is 14.0 Å². The second-order valence-electron chi connectivity index (χ2n) is 5.83. The van der Waals surface area contributed by atoms with Crippen LogP contribution in [0, 0.1) is 5.82 Å². The molecule has 2 rings (SSSR count). The molecule has 0 aliphatic carbocycles. The number of hydrogen-bond donors (Lipinski definition) is 1. The molecule has 1 N–H and O–H groups in total. The Hall–Kier alpha value is -2.11. The van der Waals surface area contributed by atoms with Crippen molar-refractivity contribution < 1.29 is 18.7 Å². The van der Waals surface area contributed by atoms with Crippen LogP contribution in [-0.2, 0) is 20.7 Å². The highest BCUT2D eigenvalue weighted by Gasteiger charge is 2.21. The van der Waals surface area contributed by atoms with Crippen LogP contribution in [-0.4, -0.2) is 18.0 Å². The van der Waals surface area contributed by atoms with Gasteiger partial charge in [-0.2, -0.15) is 0 Å². The van der Waals surface area contributed by atoms with Crippen molar-refractivity contribution in [2.75, 3.05) is 0 Å². The second-order valence-corrected chi connectivity index (χ2v) is 6.68. The van der Waals surface area contributed by atoms with E-state index in [1.807, 2.05) is 0 Å². The molecule has 0 bridgehead atoms. The SMILES string of the molecule is C[C@H](OC(=O)Cc1cccc(F)c1)C(=O)N[C@H](C)c1ccc(Cl)cc1Cl. The smallest absolute Gasteiger partial charge is 0.311 e. The van der Waals surface area contributed by atoms with E-state index in [1.165, 1.54) is 25.1 Å². The van der Waals surface area contributed by atoms with Gasteiger partial charge in [0.2, 0.25) is 0 Å². The number of esters is 1. The van der Waals surface area contributed by atoms with Crippen molar-refractivity contribution in [3.05, 3.63) is 69.5 Å². The molecule has 0 aliphatic rings. The first-order valence-corrected chi connectivity index (χ1v) is 8.71. The van der Waals surface area contributed by atoms with Crippen molar-refractivity contribution in [1.82, 2.24) is 5.32 Å². The molecule has 0 fully saturated rings. The second kappa shape index (κ2) is 9.01. The number of rotatable bonds is 6. The number of carbonyl (C=O) groups is 2. The number of benzene rings is 2. The first-order chi connectivity index (χ1) is 12.3. The predicted molar refractivity (Wildman–Crippen MR) is 98.7 cm³/mol. The summed E-state index contributed by atoms with van der Waals surface area (Å²) < 4.78 is 18.2. The third-order valence-corrected chi connectivity index (χ3v) is 4.27. The number of hydrogen-bond acceptors (Lipinski definition) is 3. The summed E-state index contributed by atoms with van der Waals surface area (Å²) in [5.74, 6) is -1.51. The minimum atomic E-state index is -0.996. The van der Waals surface area contributed by atoms with E-state index in [0.29, 0.717) is 21.2 Å². The van der Waals surface area contributed by atoms with Gasteiger partial charge in [0, 0.05) is 10.0 Å². The molecule has 0 aliphatic heterocycles. The normalized spacial score (nSPS) is 13.0. The Morgan fingerprint density at radius 2 is 1.88 bits per heavy atom. The summed E-state index contributed by atoms with van der Waals surface area (Å²) >= 11 is 12.0. The molecule has 2 aromatic carbocycles. The Kier molecular flexibility index (Phi) is 7.00. The number of ether oxygens (including phenoxy) is 1. The quantitative estimate of drug-likeness (QED) is 0.730. The minimum Gasteiger partial charge on any atom is -0.452 e. The molecule has 2 aromatic rings. The van der Waals surface area contributed by atoms with Crippen LogP contribution in [0.4, 0.5) is 4.39 Å². The fourth-order valence-corrected chi connectivity index (χ4v) is 2.94. The van der Waals surface area contributed by atoms with Gasteiger partial charge in [0.1, 0.15) is 5.82 Å². The van der Waals surface area contributed by atoms with E-state index in [1.54, 1.807) is 31.2 Å². The van der Waals surface area contributed by atoms with Gasteiger partial charge in [0.25, 0.3) is 5.91 Å². The van der Waals surface area contributed by atoms with Crippen molar-refractivity contribution in [3.63, 3.8) is 0 Å². The van der Waals surface area contributed by atoms with Crippen molar-refractivity contribution in [1.29, 1.82) is 0 Å². The summed E-state index contributed by atoms with van der Waals surface area (Å²) in [4.78, 5) is 24.2. The Morgan fingerprint density at radius 3 is 2.54 bits per heavy atom. The molecule has 0 aromatic heterocycles. The standard InChI is InChI=1S/C19H18Cl2FNO3/c1-11(16-7-6-14(20)10-17(16)21)23-19(25)12(2)26-18(24)9-13-4-3-5-15(22)8-13/h3-8,10-12H,9H2,1-2H3,(H,23,25)/t11-,12+/m1/s1. The molecule has 0 saturated carbocycles. The van der Waals surface area contributed by atoms with E-state index < -0.39 is 29.8 Å². The van der Waals surface area contributed by atoms with Gasteiger partial charge in [0.15, 0.2) is 6.10 Å². The molecule has 0 spiro atoms. The summed E-state index contributed by atoms with van der Waals surface area (Å²) in [6.07, 6.45) is -1.11. The molecule has 2 atom stereocenters. The summed E-state index contributed by atoms with van der Waals surface area (Å²) in [6, 6.07) is 10.2. The maximum atomic E-state index is 13.1. The zero-order valence-electron chi connectivity index (χ0n) is 14.3. The molecular weight excluding hydrogens is 380 g/mol. The highest BCUT2D eigenvalue weighted by atomic mass is 35.5. The zero-order valence-corrected chi connectivity index (χ0v) is 15.8. The van der Waals surface area contributed by atoms with Crippen LogP contribution in [0.3, 0.4) is 0 Å². The average molecular weight is 398 g/mol. The van der Waals surface area contributed by atoms with Crippen LogP contribution in [0.1, 0.15) is 31.0 Å². The van der Waals surface area contributed by atoms with Crippen LogP contribution in [0.2, 0.25) is 10.0 Å². The first kappa shape index (κ1) is 20.2. The predicted octanol–water partition coefficient (Wildman–Crippen LogP) is 4.48. The summed E-state index contributed by atoms with van der Waals surface area (Å²) in [7, 11) is 0. The largest absolute Gasteiger partial charge is 0.452 e. The molecule has 138 valence electrons. The summed E-state index contributed by atoms with van der Waals surface area (Å²) in [5, 5.41) is 3.66. The van der Waals surface area contributed by atoms with Crippen LogP contribution in [0.25, 0.3) is 0 Å². The van der Waals surface area contributed by atoms with Gasteiger partial charge in [0.05, 0.1) is 12.5 Å². The fourth-order valence-electron chi connectivity index (χ4n) is 2.37. The fraction of sp³-hybridized carbons (Fsp3) is 0.263. The van der Waals surface area contributed by atoms with E-state index in [4.69, 9.17) is 27.9 Å². The maximum Gasteiger partial charge on any atom is 0.311 e. The van der Waals surface area contributed by atoms with E-state index in [-0.39, 0.29) is 6.42 Å². The number of halogens is 3. The summed E-state index contributed by atoms with van der Waals surface area (Å²) in [6.45, 7) is 3.23. The van der Waals surface area contributed by atoms with Gasteiger partial charge in [-0.1, -0.05) is 41.4 Å². The molecule has 7 heteroatoms. The highest BCUT2D eigenvalue weighted by Crippen LogP contribution is 2.26.